The number of aromatic amines is 1. The number of hydrogen-bond acceptors (Lipinski definition) is 8. The first-order chi connectivity index (χ1) is 30.7. The van der Waals surface area contributed by atoms with E-state index in [0.29, 0.717) is 30.0 Å². The Morgan fingerprint density at radius 2 is 1.69 bits per heavy atom. The number of nitrogens with one attached hydrogen (secondary N) is 4. The standard InChI is InChI=1S/C49H53ClN6O6S2/c1-33-28-42(14-17-45(33)51-22-19-34-4-10-39(11-5-34)53-63(58)59)64(60,61)54-48(57)43-15-12-40(30-47(43)62-41-13-16-46-36(29-41)20-23-52-46)56-26-24-55(25-27-56)32-37-18-21-49(2,3)31-44(37)35-6-8-38(50)9-7-35/h4-17,20,23,28-30,51-53H,18-19,21-22,24-27,31-32H2,1-3H3,(H,54,57)(H,58,59). The van der Waals surface area contributed by atoms with Gasteiger partial charge < -0.3 is 19.9 Å². The lowest BCUT2D eigenvalue weighted by Crippen LogP contribution is -2.47. The number of H-pyrrole nitrogens is 1. The van der Waals surface area contributed by atoms with Crippen LogP contribution in [0.4, 0.5) is 17.1 Å². The van der Waals surface area contributed by atoms with Gasteiger partial charge in [-0.15, -0.1) is 0 Å². The van der Waals surface area contributed by atoms with E-state index in [4.69, 9.17) is 20.9 Å². The summed E-state index contributed by atoms with van der Waals surface area (Å²) in [5, 5.41) is 5.02. The Balaban J connectivity index is 0.957. The number of ether oxygens (including phenoxy) is 1. The lowest BCUT2D eigenvalue weighted by molar-refractivity contribution is 0.0979. The van der Waals surface area contributed by atoms with Gasteiger partial charge in [-0.05, 0) is 139 Å². The van der Waals surface area contributed by atoms with Gasteiger partial charge in [0.15, 0.2) is 0 Å². The van der Waals surface area contributed by atoms with Crippen LogP contribution in [-0.4, -0.2) is 72.2 Å². The second-order valence-corrected chi connectivity index (χ2v) is 20.2. The molecular formula is C49H53ClN6O6S2. The van der Waals surface area contributed by atoms with E-state index in [1.807, 2.05) is 66.9 Å². The van der Waals surface area contributed by atoms with Gasteiger partial charge in [-0.2, -0.15) is 0 Å². The summed E-state index contributed by atoms with van der Waals surface area (Å²) in [6.07, 6.45) is 5.77. The first kappa shape index (κ1) is 44.9. The molecule has 12 nitrogen and oxygen atoms in total. The van der Waals surface area contributed by atoms with Crippen LogP contribution in [0, 0.1) is 12.3 Å². The number of nitrogens with zero attached hydrogens (tertiary/aromatic N) is 2. The van der Waals surface area contributed by atoms with Crippen LogP contribution in [-0.2, 0) is 27.7 Å². The van der Waals surface area contributed by atoms with Gasteiger partial charge in [0.05, 0.1) is 10.5 Å². The maximum Gasteiger partial charge on any atom is 0.268 e. The third-order valence-electron chi connectivity index (χ3n) is 12.1. The van der Waals surface area contributed by atoms with Crippen LogP contribution in [0.5, 0.6) is 11.5 Å². The first-order valence-electron chi connectivity index (χ1n) is 21.4. The molecule has 1 amide bonds. The minimum atomic E-state index is -4.27. The molecule has 0 radical (unpaired) electrons. The number of aromatic nitrogens is 1. The number of carbonyl (C=O) groups excluding carboxylic acids is 1. The van der Waals surface area contributed by atoms with E-state index < -0.39 is 27.2 Å². The molecule has 1 aromatic heterocycles. The van der Waals surface area contributed by atoms with Crippen molar-refractivity contribution in [3.63, 3.8) is 0 Å². The summed E-state index contributed by atoms with van der Waals surface area (Å²) in [4.78, 5) is 21.9. The summed E-state index contributed by atoms with van der Waals surface area (Å²) >= 11 is 4.11. The van der Waals surface area contributed by atoms with Crippen LogP contribution in [0.15, 0.2) is 126 Å². The number of sulfonamides is 1. The van der Waals surface area contributed by atoms with E-state index >= 15 is 0 Å². The van der Waals surface area contributed by atoms with Crippen molar-refractivity contribution in [1.29, 1.82) is 0 Å². The Hall–Kier alpha value is -5.64. The van der Waals surface area contributed by atoms with Gasteiger partial charge in [-0.25, -0.2) is 17.3 Å². The van der Waals surface area contributed by atoms with Crippen LogP contribution < -0.4 is 24.4 Å². The fraction of sp³-hybridized carbons (Fsp3) is 0.286. The SMILES string of the molecule is Cc1cc(S(=O)(=O)NC(=O)c2ccc(N3CCN(CC4=C(c5ccc(Cl)cc5)CC(C)(C)CC4)CC3)cc2Oc2ccc3[nH]ccc3c2)ccc1NCCc1ccc(NS(=O)O)cc1. The van der Waals surface area contributed by atoms with E-state index in [1.54, 1.807) is 31.2 Å². The third kappa shape index (κ3) is 11.0. The minimum absolute atomic E-state index is 0.0453. The molecule has 2 heterocycles. The van der Waals surface area contributed by atoms with E-state index in [2.05, 4.69) is 55.5 Å². The molecule has 1 fully saturated rings. The predicted octanol–water partition coefficient (Wildman–Crippen LogP) is 10.0. The van der Waals surface area contributed by atoms with Gasteiger partial charge in [-0.3, -0.25) is 19.0 Å². The van der Waals surface area contributed by atoms with E-state index in [0.717, 1.165) is 84.9 Å². The topological polar surface area (TPSA) is 156 Å². The number of rotatable bonds is 15. The number of fused-ring (bicyclic) bond motifs is 1. The molecule has 64 heavy (non-hydrogen) atoms. The largest absolute Gasteiger partial charge is 0.456 e. The van der Waals surface area contributed by atoms with Crippen LogP contribution in [0.3, 0.4) is 0 Å². The lowest BCUT2D eigenvalue weighted by Gasteiger charge is -2.39. The molecule has 5 aromatic carbocycles. The summed E-state index contributed by atoms with van der Waals surface area (Å²) in [5.74, 6) is -0.0468. The van der Waals surface area contributed by atoms with Gasteiger partial charge in [0.2, 0.25) is 0 Å². The average Bonchev–Trinajstić information content (AvgIpc) is 3.74. The summed E-state index contributed by atoms with van der Waals surface area (Å²) in [7, 11) is -4.27. The fourth-order valence-electron chi connectivity index (χ4n) is 8.52. The van der Waals surface area contributed by atoms with Crippen molar-refractivity contribution >= 4 is 72.3 Å². The summed E-state index contributed by atoms with van der Waals surface area (Å²) < 4.78 is 58.6. The highest BCUT2D eigenvalue weighted by atomic mass is 35.5. The van der Waals surface area contributed by atoms with Crippen molar-refractivity contribution in [2.75, 3.05) is 54.2 Å². The van der Waals surface area contributed by atoms with Crippen molar-refractivity contribution in [1.82, 2.24) is 14.6 Å². The molecule has 8 rings (SSSR count). The van der Waals surface area contributed by atoms with Crippen molar-refractivity contribution in [3.8, 4) is 11.5 Å². The zero-order chi connectivity index (χ0) is 45.0. The maximum atomic E-state index is 14.0. The van der Waals surface area contributed by atoms with Crippen LogP contribution in [0.1, 0.15) is 60.2 Å². The molecule has 334 valence electrons. The highest BCUT2D eigenvalue weighted by Crippen LogP contribution is 2.43. The van der Waals surface area contributed by atoms with Crippen molar-refractivity contribution in [3.05, 3.63) is 148 Å². The number of anilines is 3. The molecule has 1 unspecified atom stereocenters. The van der Waals surface area contributed by atoms with Crippen molar-refractivity contribution in [2.24, 2.45) is 5.41 Å². The molecule has 1 aliphatic carbocycles. The van der Waals surface area contributed by atoms with E-state index in [1.165, 1.54) is 28.8 Å². The van der Waals surface area contributed by atoms with E-state index in [9.17, 15) is 17.4 Å². The predicted molar refractivity (Wildman–Crippen MR) is 258 cm³/mol. The Morgan fingerprint density at radius 3 is 2.42 bits per heavy atom. The van der Waals surface area contributed by atoms with Crippen molar-refractivity contribution in [2.45, 2.75) is 51.3 Å². The highest BCUT2D eigenvalue weighted by molar-refractivity contribution is 7.90. The number of aryl methyl sites for hydroxylation is 1. The molecule has 2 aliphatic rings. The highest BCUT2D eigenvalue weighted by Gasteiger charge is 2.30. The monoisotopic (exact) mass is 920 g/mol. The number of amides is 1. The summed E-state index contributed by atoms with van der Waals surface area (Å²) in [6, 6.07) is 33.0. The Morgan fingerprint density at radius 1 is 0.922 bits per heavy atom. The van der Waals surface area contributed by atoms with Crippen LogP contribution in [0.2, 0.25) is 5.02 Å². The lowest BCUT2D eigenvalue weighted by atomic mass is 9.72. The molecule has 15 heteroatoms. The average molecular weight is 922 g/mol. The van der Waals surface area contributed by atoms with Crippen LogP contribution in [0.25, 0.3) is 16.5 Å². The molecule has 1 saturated heterocycles. The quantitative estimate of drug-likeness (QED) is 0.0633. The number of allylic oxidation sites excluding steroid dienone is 1. The number of carbonyl (C=O) groups is 1. The van der Waals surface area contributed by atoms with Gasteiger partial charge in [0.1, 0.15) is 11.5 Å². The zero-order valence-corrected chi connectivity index (χ0v) is 38.5. The van der Waals surface area contributed by atoms with Crippen LogP contribution >= 0.6 is 11.6 Å². The third-order valence-corrected chi connectivity index (χ3v) is 14.1. The normalized spacial score (nSPS) is 16.1. The zero-order valence-electron chi connectivity index (χ0n) is 36.1. The molecule has 0 bridgehead atoms. The number of piperazine rings is 1. The molecule has 5 N–H and O–H groups in total. The molecule has 1 aliphatic heterocycles. The second kappa shape index (κ2) is 19.2. The van der Waals surface area contributed by atoms with E-state index in [-0.39, 0.29) is 21.6 Å². The molecule has 6 aromatic rings. The number of hydrogen-bond donors (Lipinski definition) is 5. The van der Waals surface area contributed by atoms with Gasteiger partial charge in [0, 0.05) is 84.5 Å². The molecule has 0 saturated carbocycles. The Labute approximate surface area is 382 Å². The number of halogens is 1. The Bertz CT molecular complexity index is 2820. The fourth-order valence-corrected chi connectivity index (χ4v) is 10.0. The summed E-state index contributed by atoms with van der Waals surface area (Å²) in [6.45, 7) is 11.2. The molecule has 0 spiro atoms. The number of benzene rings is 5. The first-order valence-corrected chi connectivity index (χ1v) is 24.4. The van der Waals surface area contributed by atoms with Gasteiger partial charge >= 0.3 is 0 Å². The van der Waals surface area contributed by atoms with Crippen molar-refractivity contribution < 1.29 is 26.7 Å². The second-order valence-electron chi connectivity index (χ2n) is 17.3. The molecular weight excluding hydrogens is 868 g/mol. The van der Waals surface area contributed by atoms with Gasteiger partial charge in [0.25, 0.3) is 27.2 Å². The minimum Gasteiger partial charge on any atom is -0.456 e. The Kier molecular flexibility index (Phi) is 13.5. The molecule has 1 atom stereocenters. The van der Waals surface area contributed by atoms with Gasteiger partial charge in [-0.1, -0.05) is 55.3 Å². The maximum absolute atomic E-state index is 14.0. The summed E-state index contributed by atoms with van der Waals surface area (Å²) in [5.41, 5.74) is 9.32. The smallest absolute Gasteiger partial charge is 0.268 e.